The van der Waals surface area contributed by atoms with Gasteiger partial charge >= 0.3 is 0 Å². The fourth-order valence-electron chi connectivity index (χ4n) is 2.92. The number of halogens is 1. The van der Waals surface area contributed by atoms with Crippen molar-refractivity contribution in [3.05, 3.63) is 29.3 Å². The summed E-state index contributed by atoms with van der Waals surface area (Å²) in [6.07, 6.45) is 2.44. The van der Waals surface area contributed by atoms with Gasteiger partial charge in [-0.15, -0.1) is 0 Å². The van der Waals surface area contributed by atoms with Crippen LogP contribution in [0.5, 0.6) is 0 Å². The molecule has 3 heterocycles. The van der Waals surface area contributed by atoms with Crippen molar-refractivity contribution in [3.8, 4) is 0 Å². The molecule has 0 saturated carbocycles. The number of aryl methyl sites for hydroxylation is 1. The van der Waals surface area contributed by atoms with E-state index in [9.17, 15) is 14.0 Å². The molecule has 7 heteroatoms. The molecule has 0 aliphatic carbocycles. The average Bonchev–Trinajstić information content (AvgIpc) is 3.11. The third kappa shape index (κ3) is 3.34. The Labute approximate surface area is 134 Å². The molecular weight excluding hydrogens is 301 g/mol. The lowest BCUT2D eigenvalue weighted by Crippen LogP contribution is -2.52. The highest BCUT2D eigenvalue weighted by Crippen LogP contribution is 2.17. The first kappa shape index (κ1) is 15.9. The molecule has 1 aromatic heterocycles. The van der Waals surface area contributed by atoms with Gasteiger partial charge in [0.1, 0.15) is 17.6 Å². The number of aromatic nitrogens is 1. The third-order valence-corrected chi connectivity index (χ3v) is 4.35. The third-order valence-electron chi connectivity index (χ3n) is 4.35. The van der Waals surface area contributed by atoms with Crippen molar-refractivity contribution < 1.29 is 18.7 Å². The van der Waals surface area contributed by atoms with Crippen molar-refractivity contribution in [3.63, 3.8) is 0 Å². The largest absolute Gasteiger partial charge is 0.368 e. The summed E-state index contributed by atoms with van der Waals surface area (Å²) >= 11 is 0. The Hall–Kier alpha value is -2.02. The number of nitrogens with zero attached hydrogens (tertiary/aromatic N) is 3. The molecule has 3 rings (SSSR count). The molecule has 2 aliphatic rings. The van der Waals surface area contributed by atoms with Crippen LogP contribution >= 0.6 is 0 Å². The summed E-state index contributed by atoms with van der Waals surface area (Å²) in [5, 5.41) is 0. The number of piperazine rings is 1. The van der Waals surface area contributed by atoms with E-state index in [0.717, 1.165) is 19.0 Å². The van der Waals surface area contributed by atoms with Crippen LogP contribution < -0.4 is 0 Å². The first-order chi connectivity index (χ1) is 11.1. The predicted octanol–water partition coefficient (Wildman–Crippen LogP) is 0.993. The minimum Gasteiger partial charge on any atom is -0.368 e. The molecule has 2 fully saturated rings. The summed E-state index contributed by atoms with van der Waals surface area (Å²) in [6, 6.07) is 1.46. The number of carbonyl (C=O) groups excluding carboxylic acids is 2. The number of pyridine rings is 1. The molecule has 124 valence electrons. The van der Waals surface area contributed by atoms with Gasteiger partial charge in [0, 0.05) is 32.8 Å². The zero-order chi connectivity index (χ0) is 16.4. The molecular formula is C16H20FN3O3. The molecule has 0 aromatic carbocycles. The Morgan fingerprint density at radius 2 is 1.96 bits per heavy atom. The van der Waals surface area contributed by atoms with Gasteiger partial charge in [-0.05, 0) is 31.4 Å². The van der Waals surface area contributed by atoms with E-state index in [-0.39, 0.29) is 23.6 Å². The Morgan fingerprint density at radius 1 is 1.26 bits per heavy atom. The zero-order valence-corrected chi connectivity index (χ0v) is 13.1. The fraction of sp³-hybridized carbons (Fsp3) is 0.562. The molecule has 0 N–H and O–H groups in total. The second-order valence-corrected chi connectivity index (χ2v) is 5.94. The SMILES string of the molecule is Cc1cc(C(=O)N2CCN(C(=O)C3CCCO3)CC2)ncc1F. The van der Waals surface area contributed by atoms with E-state index in [0.29, 0.717) is 38.3 Å². The van der Waals surface area contributed by atoms with Gasteiger partial charge < -0.3 is 14.5 Å². The Morgan fingerprint density at radius 3 is 2.57 bits per heavy atom. The van der Waals surface area contributed by atoms with E-state index in [2.05, 4.69) is 4.98 Å². The second-order valence-electron chi connectivity index (χ2n) is 5.94. The quantitative estimate of drug-likeness (QED) is 0.815. The van der Waals surface area contributed by atoms with Crippen LogP contribution in [0.1, 0.15) is 28.9 Å². The van der Waals surface area contributed by atoms with E-state index < -0.39 is 5.82 Å². The van der Waals surface area contributed by atoms with Crippen LogP contribution in [0.2, 0.25) is 0 Å². The Balaban J connectivity index is 1.58. The molecule has 1 aromatic rings. The maximum absolute atomic E-state index is 13.2. The van der Waals surface area contributed by atoms with Crippen LogP contribution in [-0.2, 0) is 9.53 Å². The van der Waals surface area contributed by atoms with Crippen molar-refractivity contribution in [1.82, 2.24) is 14.8 Å². The van der Waals surface area contributed by atoms with Crippen LogP contribution in [-0.4, -0.2) is 65.5 Å². The molecule has 2 aliphatic heterocycles. The lowest BCUT2D eigenvalue weighted by Gasteiger charge is -2.35. The van der Waals surface area contributed by atoms with Crippen LogP contribution in [0, 0.1) is 12.7 Å². The number of hydrogen-bond donors (Lipinski definition) is 0. The molecule has 2 amide bonds. The lowest BCUT2D eigenvalue weighted by atomic mass is 10.2. The van der Waals surface area contributed by atoms with Gasteiger partial charge in [-0.25, -0.2) is 9.37 Å². The van der Waals surface area contributed by atoms with E-state index in [4.69, 9.17) is 4.74 Å². The monoisotopic (exact) mass is 321 g/mol. The summed E-state index contributed by atoms with van der Waals surface area (Å²) < 4.78 is 18.7. The van der Waals surface area contributed by atoms with E-state index >= 15 is 0 Å². The summed E-state index contributed by atoms with van der Waals surface area (Å²) in [5.74, 6) is -0.629. The van der Waals surface area contributed by atoms with Crippen molar-refractivity contribution in [2.24, 2.45) is 0 Å². The normalized spacial score (nSPS) is 21.6. The van der Waals surface area contributed by atoms with Crippen molar-refractivity contribution >= 4 is 11.8 Å². The number of ether oxygens (including phenoxy) is 1. The van der Waals surface area contributed by atoms with Gasteiger partial charge in [-0.3, -0.25) is 9.59 Å². The Bertz CT molecular complexity index is 609. The van der Waals surface area contributed by atoms with Gasteiger partial charge in [-0.1, -0.05) is 0 Å². The van der Waals surface area contributed by atoms with Crippen molar-refractivity contribution in [2.75, 3.05) is 32.8 Å². The Kier molecular flexibility index (Phi) is 4.56. The number of carbonyl (C=O) groups is 2. The second kappa shape index (κ2) is 6.62. The van der Waals surface area contributed by atoms with Crippen LogP contribution in [0.15, 0.2) is 12.3 Å². The average molecular weight is 321 g/mol. The van der Waals surface area contributed by atoms with Crippen LogP contribution in [0.3, 0.4) is 0 Å². The van der Waals surface area contributed by atoms with Crippen molar-refractivity contribution in [1.29, 1.82) is 0 Å². The van der Waals surface area contributed by atoms with Gasteiger partial charge in [-0.2, -0.15) is 0 Å². The summed E-state index contributed by atoms with van der Waals surface area (Å²) in [7, 11) is 0. The van der Waals surface area contributed by atoms with Gasteiger partial charge in [0.15, 0.2) is 0 Å². The molecule has 0 bridgehead atoms. The molecule has 23 heavy (non-hydrogen) atoms. The van der Waals surface area contributed by atoms with Crippen molar-refractivity contribution in [2.45, 2.75) is 25.9 Å². The molecule has 1 unspecified atom stereocenters. The zero-order valence-electron chi connectivity index (χ0n) is 13.1. The topological polar surface area (TPSA) is 62.7 Å². The number of rotatable bonds is 2. The van der Waals surface area contributed by atoms with Crippen LogP contribution in [0.4, 0.5) is 4.39 Å². The highest BCUT2D eigenvalue weighted by Gasteiger charge is 2.31. The first-order valence-corrected chi connectivity index (χ1v) is 7.88. The standard InChI is InChI=1S/C16H20FN3O3/c1-11-9-13(18-10-12(11)17)15(21)19-4-6-20(7-5-19)16(22)14-3-2-8-23-14/h9-10,14H,2-8H2,1H3. The maximum Gasteiger partial charge on any atom is 0.272 e. The predicted molar refractivity (Wildman–Crippen MR) is 80.4 cm³/mol. The highest BCUT2D eigenvalue weighted by molar-refractivity contribution is 5.92. The molecule has 6 nitrogen and oxygen atoms in total. The highest BCUT2D eigenvalue weighted by atomic mass is 19.1. The minimum absolute atomic E-state index is 0.0188. The number of hydrogen-bond acceptors (Lipinski definition) is 4. The van der Waals surface area contributed by atoms with Gasteiger partial charge in [0.2, 0.25) is 0 Å². The minimum atomic E-state index is -0.423. The van der Waals surface area contributed by atoms with E-state index in [1.165, 1.54) is 6.07 Å². The van der Waals surface area contributed by atoms with E-state index in [1.807, 2.05) is 0 Å². The smallest absolute Gasteiger partial charge is 0.272 e. The first-order valence-electron chi connectivity index (χ1n) is 7.88. The lowest BCUT2D eigenvalue weighted by molar-refractivity contribution is -0.142. The van der Waals surface area contributed by atoms with Crippen LogP contribution in [0.25, 0.3) is 0 Å². The number of amides is 2. The maximum atomic E-state index is 13.2. The summed E-state index contributed by atoms with van der Waals surface area (Å²) in [6.45, 7) is 4.14. The van der Waals surface area contributed by atoms with Gasteiger partial charge in [0.05, 0.1) is 6.20 Å². The fourth-order valence-corrected chi connectivity index (χ4v) is 2.92. The summed E-state index contributed by atoms with van der Waals surface area (Å²) in [4.78, 5) is 32.0. The van der Waals surface area contributed by atoms with Gasteiger partial charge in [0.25, 0.3) is 11.8 Å². The molecule has 0 radical (unpaired) electrons. The molecule has 1 atom stereocenters. The molecule has 0 spiro atoms. The van der Waals surface area contributed by atoms with E-state index in [1.54, 1.807) is 16.7 Å². The molecule has 2 saturated heterocycles. The summed E-state index contributed by atoms with van der Waals surface area (Å²) in [5.41, 5.74) is 0.637.